The summed E-state index contributed by atoms with van der Waals surface area (Å²) in [5.41, 5.74) is 1.55. The minimum atomic E-state index is -0.335. The highest BCUT2D eigenvalue weighted by atomic mass is 35.5. The molecule has 0 aliphatic rings. The third-order valence-electron chi connectivity index (χ3n) is 2.07. The van der Waals surface area contributed by atoms with Gasteiger partial charge in [-0.05, 0) is 36.2 Å². The molecule has 5 heteroatoms. The Balaban J connectivity index is 2.73. The number of ether oxygens (including phenoxy) is 2. The summed E-state index contributed by atoms with van der Waals surface area (Å²) in [5, 5.41) is 6.77. The van der Waals surface area contributed by atoms with E-state index in [0.29, 0.717) is 12.2 Å². The third-order valence-corrected chi connectivity index (χ3v) is 2.16. The molecular weight excluding hydrogens is 252 g/mol. The fourth-order valence-electron chi connectivity index (χ4n) is 1.25. The van der Waals surface area contributed by atoms with Crippen molar-refractivity contribution in [1.82, 2.24) is 0 Å². The Hall–Kier alpha value is -1.81. The molecule has 0 fully saturated rings. The number of hydrogen-bond acceptors (Lipinski definition) is 3. The zero-order valence-electron chi connectivity index (χ0n) is 10.4. The zero-order valence-corrected chi connectivity index (χ0v) is 11.1. The van der Waals surface area contributed by atoms with E-state index in [4.69, 9.17) is 26.5 Å². The lowest BCUT2D eigenvalue weighted by molar-refractivity contribution is 0.292. The molecule has 0 spiro atoms. The molecule has 0 atom stereocenters. The van der Waals surface area contributed by atoms with Gasteiger partial charge in [0, 0.05) is 5.57 Å². The quantitative estimate of drug-likeness (QED) is 0.516. The van der Waals surface area contributed by atoms with Crippen LogP contribution >= 0.6 is 11.6 Å². The van der Waals surface area contributed by atoms with Crippen molar-refractivity contribution in [1.29, 1.82) is 5.41 Å². The second-order valence-corrected chi connectivity index (χ2v) is 3.99. The maximum atomic E-state index is 7.10. The van der Waals surface area contributed by atoms with Gasteiger partial charge in [0.25, 0.3) is 0 Å². The maximum absolute atomic E-state index is 7.10. The van der Waals surface area contributed by atoms with E-state index in [0.717, 1.165) is 11.3 Å². The van der Waals surface area contributed by atoms with Gasteiger partial charge in [-0.3, -0.25) is 5.41 Å². The number of hydrogen-bond donors (Lipinski definition) is 1. The van der Waals surface area contributed by atoms with Gasteiger partial charge in [0.2, 0.25) is 11.2 Å². The van der Waals surface area contributed by atoms with Crippen molar-refractivity contribution in [2.75, 3.05) is 7.11 Å². The Bertz CT molecular complexity index is 484. The molecule has 0 aromatic heterocycles. The van der Waals surface area contributed by atoms with Crippen molar-refractivity contribution in [2.24, 2.45) is 4.99 Å². The highest BCUT2D eigenvalue weighted by molar-refractivity contribution is 6.64. The first kappa shape index (κ1) is 14.3. The number of benzene rings is 1. The summed E-state index contributed by atoms with van der Waals surface area (Å²) in [6.45, 7) is 5.77. The van der Waals surface area contributed by atoms with Crippen LogP contribution in [-0.4, -0.2) is 18.3 Å². The molecule has 96 valence electrons. The van der Waals surface area contributed by atoms with Crippen molar-refractivity contribution in [3.63, 3.8) is 0 Å². The number of methoxy groups -OCH3 is 1. The number of rotatable bonds is 4. The van der Waals surface area contributed by atoms with Crippen molar-refractivity contribution >= 4 is 22.8 Å². The highest BCUT2D eigenvalue weighted by Crippen LogP contribution is 2.14. The SMILES string of the molecule is C=C(C)C(=NC(=N)Cl)OCc1cccc(OC)c1. The second-order valence-electron chi connectivity index (χ2n) is 3.63. The van der Waals surface area contributed by atoms with Crippen molar-refractivity contribution in [3.05, 3.63) is 42.0 Å². The van der Waals surface area contributed by atoms with E-state index in [1.165, 1.54) is 0 Å². The van der Waals surface area contributed by atoms with E-state index in [1.807, 2.05) is 24.3 Å². The molecule has 18 heavy (non-hydrogen) atoms. The molecule has 1 aromatic carbocycles. The number of nitrogens with one attached hydrogen (secondary N) is 1. The van der Waals surface area contributed by atoms with Crippen LogP contribution in [0.4, 0.5) is 0 Å². The molecule has 0 bridgehead atoms. The van der Waals surface area contributed by atoms with Crippen LogP contribution in [0.5, 0.6) is 5.75 Å². The molecular formula is C13H15ClN2O2. The van der Waals surface area contributed by atoms with Crippen LogP contribution in [0.15, 0.2) is 41.4 Å². The van der Waals surface area contributed by atoms with Gasteiger partial charge in [-0.1, -0.05) is 18.7 Å². The lowest BCUT2D eigenvalue weighted by Gasteiger charge is -2.09. The summed E-state index contributed by atoms with van der Waals surface area (Å²) in [7, 11) is 1.61. The molecule has 0 amide bonds. The van der Waals surface area contributed by atoms with Crippen LogP contribution in [-0.2, 0) is 11.3 Å². The van der Waals surface area contributed by atoms with Gasteiger partial charge in [-0.25, -0.2) is 0 Å². The Kier molecular flexibility index (Phi) is 5.39. The lowest BCUT2D eigenvalue weighted by atomic mass is 10.2. The Morgan fingerprint density at radius 1 is 1.50 bits per heavy atom. The van der Waals surface area contributed by atoms with E-state index in [1.54, 1.807) is 14.0 Å². The van der Waals surface area contributed by atoms with Crippen LogP contribution in [0.1, 0.15) is 12.5 Å². The summed E-state index contributed by atoms with van der Waals surface area (Å²) >= 11 is 5.40. The zero-order chi connectivity index (χ0) is 13.5. The fourth-order valence-corrected chi connectivity index (χ4v) is 1.33. The number of nitrogens with zero attached hydrogens (tertiary/aromatic N) is 1. The Morgan fingerprint density at radius 2 is 2.22 bits per heavy atom. The Morgan fingerprint density at radius 3 is 2.78 bits per heavy atom. The highest BCUT2D eigenvalue weighted by Gasteiger charge is 2.04. The van der Waals surface area contributed by atoms with E-state index in [-0.39, 0.29) is 11.2 Å². The summed E-state index contributed by atoms with van der Waals surface area (Å²) in [6.07, 6.45) is 0. The van der Waals surface area contributed by atoms with E-state index < -0.39 is 0 Å². The van der Waals surface area contributed by atoms with Crippen molar-refractivity contribution in [2.45, 2.75) is 13.5 Å². The standard InChI is InChI=1S/C13H15ClN2O2/c1-9(2)12(16-13(14)15)18-8-10-5-4-6-11(7-10)17-3/h4-7,15H,1,8H2,2-3H3. The molecule has 0 heterocycles. The first-order chi connectivity index (χ1) is 8.52. The third kappa shape index (κ3) is 4.59. The molecule has 4 nitrogen and oxygen atoms in total. The molecule has 0 aliphatic carbocycles. The van der Waals surface area contributed by atoms with Crippen LogP contribution in [0.25, 0.3) is 0 Å². The maximum Gasteiger partial charge on any atom is 0.218 e. The molecule has 0 saturated carbocycles. The van der Waals surface area contributed by atoms with Crippen LogP contribution in [0, 0.1) is 5.41 Å². The van der Waals surface area contributed by atoms with E-state index >= 15 is 0 Å². The number of halogens is 1. The predicted octanol–water partition coefficient (Wildman–Crippen LogP) is 3.36. The minimum Gasteiger partial charge on any atom is -0.497 e. The van der Waals surface area contributed by atoms with Crippen molar-refractivity contribution in [3.8, 4) is 5.75 Å². The number of aliphatic imine (C=N–C) groups is 1. The van der Waals surface area contributed by atoms with E-state index in [9.17, 15) is 0 Å². The Labute approximate surface area is 111 Å². The van der Waals surface area contributed by atoms with Crippen LogP contribution < -0.4 is 4.74 Å². The first-order valence-corrected chi connectivity index (χ1v) is 5.65. The molecule has 1 N–H and O–H groups in total. The molecule has 1 rings (SSSR count). The average molecular weight is 267 g/mol. The van der Waals surface area contributed by atoms with Gasteiger partial charge in [0.15, 0.2) is 0 Å². The normalized spacial score (nSPS) is 10.9. The fraction of sp³-hybridized carbons (Fsp3) is 0.231. The van der Waals surface area contributed by atoms with Gasteiger partial charge in [0.1, 0.15) is 12.4 Å². The average Bonchev–Trinajstić information content (AvgIpc) is 2.34. The van der Waals surface area contributed by atoms with Crippen LogP contribution in [0.3, 0.4) is 0 Å². The molecule has 0 radical (unpaired) electrons. The second kappa shape index (κ2) is 6.81. The summed E-state index contributed by atoms with van der Waals surface area (Å²) < 4.78 is 10.6. The summed E-state index contributed by atoms with van der Waals surface area (Å²) in [6, 6.07) is 7.50. The monoisotopic (exact) mass is 266 g/mol. The minimum absolute atomic E-state index is 0.262. The molecule has 0 saturated heterocycles. The van der Waals surface area contributed by atoms with Gasteiger partial charge in [-0.2, -0.15) is 4.99 Å². The smallest absolute Gasteiger partial charge is 0.218 e. The van der Waals surface area contributed by atoms with Crippen LogP contribution in [0.2, 0.25) is 0 Å². The van der Waals surface area contributed by atoms with Gasteiger partial charge in [-0.15, -0.1) is 0 Å². The topological polar surface area (TPSA) is 54.7 Å². The van der Waals surface area contributed by atoms with Gasteiger partial charge in [0.05, 0.1) is 7.11 Å². The predicted molar refractivity (Wildman–Crippen MR) is 73.6 cm³/mol. The first-order valence-electron chi connectivity index (χ1n) is 5.27. The van der Waals surface area contributed by atoms with Crippen molar-refractivity contribution < 1.29 is 9.47 Å². The molecule has 1 aromatic rings. The number of amidine groups is 1. The van der Waals surface area contributed by atoms with Gasteiger partial charge >= 0.3 is 0 Å². The van der Waals surface area contributed by atoms with Gasteiger partial charge < -0.3 is 9.47 Å². The molecule has 0 unspecified atom stereocenters. The lowest BCUT2D eigenvalue weighted by Crippen LogP contribution is -2.07. The summed E-state index contributed by atoms with van der Waals surface area (Å²) in [5.74, 6) is 1.02. The molecule has 0 aliphatic heterocycles. The van der Waals surface area contributed by atoms with E-state index in [2.05, 4.69) is 11.6 Å². The summed E-state index contributed by atoms with van der Waals surface area (Å²) in [4.78, 5) is 3.75. The largest absolute Gasteiger partial charge is 0.497 e.